The number of hydrogen-bond donors (Lipinski definition) is 1. The second kappa shape index (κ2) is 4.13. The number of aliphatic hydroxyl groups excluding tert-OH is 1. The molecule has 0 bridgehead atoms. The van der Waals surface area contributed by atoms with E-state index >= 15 is 0 Å². The Morgan fingerprint density at radius 1 is 1.20 bits per heavy atom. The minimum atomic E-state index is -0.551. The summed E-state index contributed by atoms with van der Waals surface area (Å²) in [6.45, 7) is 4.00. The van der Waals surface area contributed by atoms with Crippen molar-refractivity contribution in [2.45, 2.75) is 20.0 Å². The van der Waals surface area contributed by atoms with Gasteiger partial charge in [-0.05, 0) is 47.4 Å². The van der Waals surface area contributed by atoms with Crippen LogP contribution in [0.3, 0.4) is 0 Å². The molecule has 2 rings (SSSR count). The zero-order valence-electron chi connectivity index (χ0n) is 8.77. The highest BCUT2D eigenvalue weighted by molar-refractivity contribution is 7.08. The molecule has 0 aliphatic rings. The minimum Gasteiger partial charge on any atom is -0.384 e. The number of thiophene rings is 1. The summed E-state index contributed by atoms with van der Waals surface area (Å²) in [5, 5.41) is 14.2. The monoisotopic (exact) mass is 219 g/mol. The van der Waals surface area contributed by atoms with Gasteiger partial charge in [0.05, 0.1) is 0 Å². The Balaban J connectivity index is 2.41. The Morgan fingerprint density at radius 3 is 2.60 bits per heavy atom. The molecule has 2 nitrogen and oxygen atoms in total. The van der Waals surface area contributed by atoms with E-state index in [0.29, 0.717) is 0 Å². The maximum Gasteiger partial charge on any atom is 0.107 e. The van der Waals surface area contributed by atoms with Gasteiger partial charge in [0.1, 0.15) is 6.10 Å². The lowest BCUT2D eigenvalue weighted by Gasteiger charge is -2.12. The maximum atomic E-state index is 10.2. The zero-order valence-corrected chi connectivity index (χ0v) is 9.58. The highest BCUT2D eigenvalue weighted by Gasteiger charge is 2.15. The number of rotatable bonds is 2. The Bertz CT molecular complexity index is 464. The summed E-state index contributed by atoms with van der Waals surface area (Å²) in [5.74, 6) is 0. The fraction of sp³-hybridized carbons (Fsp3) is 0.250. The van der Waals surface area contributed by atoms with E-state index in [1.807, 2.05) is 30.7 Å². The van der Waals surface area contributed by atoms with Crippen LogP contribution in [0.4, 0.5) is 0 Å². The van der Waals surface area contributed by atoms with E-state index < -0.39 is 6.10 Å². The molecule has 0 radical (unpaired) electrons. The number of hydrogen-bond acceptors (Lipinski definition) is 3. The molecule has 0 fully saturated rings. The standard InChI is InChI=1S/C12H13NOS/c1-8-3-4-13-5-10(8)12(14)11-7-15-6-9(11)2/h3-7,12,14H,1-2H3. The summed E-state index contributed by atoms with van der Waals surface area (Å²) in [4.78, 5) is 4.05. The summed E-state index contributed by atoms with van der Waals surface area (Å²) in [6, 6.07) is 1.92. The van der Waals surface area contributed by atoms with Crippen LogP contribution in [0.25, 0.3) is 0 Å². The van der Waals surface area contributed by atoms with Crippen molar-refractivity contribution in [1.82, 2.24) is 4.98 Å². The summed E-state index contributed by atoms with van der Waals surface area (Å²) in [7, 11) is 0. The van der Waals surface area contributed by atoms with Crippen molar-refractivity contribution in [3.05, 3.63) is 51.5 Å². The van der Waals surface area contributed by atoms with E-state index in [4.69, 9.17) is 0 Å². The Kier molecular flexibility index (Phi) is 2.84. The molecule has 1 N–H and O–H groups in total. The molecule has 1 atom stereocenters. The van der Waals surface area contributed by atoms with Crippen molar-refractivity contribution in [2.24, 2.45) is 0 Å². The average molecular weight is 219 g/mol. The lowest BCUT2D eigenvalue weighted by Crippen LogP contribution is -2.02. The van der Waals surface area contributed by atoms with Crippen LogP contribution in [-0.4, -0.2) is 10.1 Å². The first kappa shape index (κ1) is 10.3. The smallest absolute Gasteiger partial charge is 0.107 e. The van der Waals surface area contributed by atoms with Crippen LogP contribution >= 0.6 is 11.3 Å². The molecule has 0 spiro atoms. The SMILES string of the molecule is Cc1ccncc1C(O)c1cscc1C. The normalized spacial score (nSPS) is 12.7. The number of aliphatic hydroxyl groups is 1. The van der Waals surface area contributed by atoms with Crippen LogP contribution in [-0.2, 0) is 0 Å². The van der Waals surface area contributed by atoms with Crippen LogP contribution in [0, 0.1) is 13.8 Å². The van der Waals surface area contributed by atoms with Gasteiger partial charge in [0, 0.05) is 18.0 Å². The average Bonchev–Trinajstić information content (AvgIpc) is 2.64. The molecular formula is C12H13NOS. The first-order chi connectivity index (χ1) is 7.20. The molecule has 2 aromatic rings. The Labute approximate surface area is 93.2 Å². The molecule has 0 saturated heterocycles. The predicted molar refractivity (Wildman–Crippen MR) is 62.1 cm³/mol. The third-order valence-corrected chi connectivity index (χ3v) is 3.44. The number of nitrogens with zero attached hydrogens (tertiary/aromatic N) is 1. The summed E-state index contributed by atoms with van der Waals surface area (Å²) < 4.78 is 0. The quantitative estimate of drug-likeness (QED) is 0.842. The zero-order chi connectivity index (χ0) is 10.8. The van der Waals surface area contributed by atoms with E-state index in [1.165, 1.54) is 0 Å². The molecule has 2 aromatic heterocycles. The number of aromatic nitrogens is 1. The summed E-state index contributed by atoms with van der Waals surface area (Å²) in [6.07, 6.45) is 2.92. The Hall–Kier alpha value is -1.19. The van der Waals surface area contributed by atoms with Crippen LogP contribution in [0.2, 0.25) is 0 Å². The van der Waals surface area contributed by atoms with E-state index in [9.17, 15) is 5.11 Å². The van der Waals surface area contributed by atoms with Crippen LogP contribution in [0.15, 0.2) is 29.2 Å². The summed E-state index contributed by atoms with van der Waals surface area (Å²) in [5.41, 5.74) is 4.08. The van der Waals surface area contributed by atoms with Gasteiger partial charge in [0.2, 0.25) is 0 Å². The van der Waals surface area contributed by atoms with Crippen LogP contribution < -0.4 is 0 Å². The summed E-state index contributed by atoms with van der Waals surface area (Å²) >= 11 is 1.61. The van der Waals surface area contributed by atoms with Crippen molar-refractivity contribution in [3.8, 4) is 0 Å². The van der Waals surface area contributed by atoms with Gasteiger partial charge in [0.15, 0.2) is 0 Å². The van der Waals surface area contributed by atoms with Gasteiger partial charge in [0.25, 0.3) is 0 Å². The molecule has 0 aliphatic carbocycles. The lowest BCUT2D eigenvalue weighted by molar-refractivity contribution is 0.219. The molecule has 15 heavy (non-hydrogen) atoms. The molecule has 1 unspecified atom stereocenters. The van der Waals surface area contributed by atoms with Gasteiger partial charge >= 0.3 is 0 Å². The van der Waals surface area contributed by atoms with E-state index in [-0.39, 0.29) is 0 Å². The fourth-order valence-corrected chi connectivity index (χ4v) is 2.45. The second-order valence-corrected chi connectivity index (χ2v) is 4.39. The topological polar surface area (TPSA) is 33.1 Å². The second-order valence-electron chi connectivity index (χ2n) is 3.64. The van der Waals surface area contributed by atoms with Crippen molar-refractivity contribution in [1.29, 1.82) is 0 Å². The molecule has 0 aliphatic heterocycles. The van der Waals surface area contributed by atoms with Gasteiger partial charge in [-0.15, -0.1) is 0 Å². The van der Waals surface area contributed by atoms with E-state index in [2.05, 4.69) is 4.98 Å². The van der Waals surface area contributed by atoms with Gasteiger partial charge in [-0.1, -0.05) is 0 Å². The van der Waals surface area contributed by atoms with Gasteiger partial charge in [-0.2, -0.15) is 11.3 Å². The molecule has 3 heteroatoms. The third kappa shape index (κ3) is 1.94. The van der Waals surface area contributed by atoms with Gasteiger partial charge < -0.3 is 5.11 Å². The first-order valence-corrected chi connectivity index (χ1v) is 5.75. The molecule has 78 valence electrons. The van der Waals surface area contributed by atoms with Crippen molar-refractivity contribution in [3.63, 3.8) is 0 Å². The molecule has 0 saturated carbocycles. The molecular weight excluding hydrogens is 206 g/mol. The molecule has 0 amide bonds. The number of pyridine rings is 1. The predicted octanol–water partition coefficient (Wildman–Crippen LogP) is 2.84. The fourth-order valence-electron chi connectivity index (χ4n) is 1.58. The van der Waals surface area contributed by atoms with Crippen molar-refractivity contribution in [2.75, 3.05) is 0 Å². The van der Waals surface area contributed by atoms with E-state index in [0.717, 1.165) is 22.3 Å². The maximum absolute atomic E-state index is 10.2. The largest absolute Gasteiger partial charge is 0.384 e. The minimum absolute atomic E-state index is 0.551. The van der Waals surface area contributed by atoms with E-state index in [1.54, 1.807) is 23.7 Å². The molecule has 2 heterocycles. The highest BCUT2D eigenvalue weighted by atomic mass is 32.1. The van der Waals surface area contributed by atoms with Gasteiger partial charge in [-0.25, -0.2) is 0 Å². The first-order valence-electron chi connectivity index (χ1n) is 4.81. The molecule has 0 aromatic carbocycles. The van der Waals surface area contributed by atoms with Crippen LogP contribution in [0.1, 0.15) is 28.4 Å². The van der Waals surface area contributed by atoms with Crippen LogP contribution in [0.5, 0.6) is 0 Å². The van der Waals surface area contributed by atoms with Gasteiger partial charge in [-0.3, -0.25) is 4.98 Å². The number of aryl methyl sites for hydroxylation is 2. The highest BCUT2D eigenvalue weighted by Crippen LogP contribution is 2.28. The lowest BCUT2D eigenvalue weighted by atomic mass is 9.99. The Morgan fingerprint density at radius 2 is 2.00 bits per heavy atom. The van der Waals surface area contributed by atoms with Crippen molar-refractivity contribution >= 4 is 11.3 Å². The van der Waals surface area contributed by atoms with Crippen molar-refractivity contribution < 1.29 is 5.11 Å². The third-order valence-electron chi connectivity index (χ3n) is 2.56.